The van der Waals surface area contributed by atoms with E-state index in [1.807, 2.05) is 18.2 Å². The van der Waals surface area contributed by atoms with E-state index in [0.717, 1.165) is 24.0 Å². The number of carbonyl (C=O) groups is 1. The third kappa shape index (κ3) is 2.97. The minimum Gasteiger partial charge on any atom is -0.337 e. The quantitative estimate of drug-likeness (QED) is 0.718. The van der Waals surface area contributed by atoms with Gasteiger partial charge >= 0.3 is 0 Å². The fraction of sp³-hybridized carbons (Fsp3) is 0.412. The molecule has 0 saturated carbocycles. The van der Waals surface area contributed by atoms with Crippen LogP contribution in [0.5, 0.6) is 0 Å². The molecule has 1 aliphatic heterocycles. The van der Waals surface area contributed by atoms with Crippen molar-refractivity contribution in [2.45, 2.75) is 38.8 Å². The van der Waals surface area contributed by atoms with Gasteiger partial charge in [0.05, 0.1) is 10.1 Å². The van der Waals surface area contributed by atoms with Gasteiger partial charge in [0.15, 0.2) is 5.82 Å². The number of benzene rings is 1. The monoisotopic (exact) mass is 358 g/mol. The molecule has 3 aromatic rings. The lowest BCUT2D eigenvalue weighted by molar-refractivity contribution is -0.136. The Labute approximate surface area is 148 Å². The summed E-state index contributed by atoms with van der Waals surface area (Å²) >= 11 is 1.32. The molecular weight excluding hydrogens is 340 g/mol. The van der Waals surface area contributed by atoms with Gasteiger partial charge in [0.25, 0.3) is 5.56 Å². The second-order valence-electron chi connectivity index (χ2n) is 6.21. The van der Waals surface area contributed by atoms with Crippen molar-refractivity contribution in [3.63, 3.8) is 0 Å². The van der Waals surface area contributed by atoms with Crippen molar-refractivity contribution in [3.8, 4) is 0 Å². The third-order valence-electron chi connectivity index (χ3n) is 4.48. The summed E-state index contributed by atoms with van der Waals surface area (Å²) in [5.74, 6) is 0.956. The van der Waals surface area contributed by atoms with Crippen LogP contribution in [0.4, 0.5) is 0 Å². The maximum absolute atomic E-state index is 12.9. The van der Waals surface area contributed by atoms with Gasteiger partial charge in [0.1, 0.15) is 12.6 Å². The first-order valence-electron chi connectivity index (χ1n) is 8.32. The summed E-state index contributed by atoms with van der Waals surface area (Å²) in [7, 11) is 0. The van der Waals surface area contributed by atoms with Crippen LogP contribution in [0.3, 0.4) is 0 Å². The van der Waals surface area contributed by atoms with Gasteiger partial charge in [-0.3, -0.25) is 13.5 Å². The van der Waals surface area contributed by atoms with Crippen molar-refractivity contribution in [2.24, 2.45) is 0 Å². The lowest BCUT2D eigenvalue weighted by atomic mass is 10.0. The fourth-order valence-electron chi connectivity index (χ4n) is 3.27. The maximum atomic E-state index is 12.9. The lowest BCUT2D eigenvalue weighted by Gasteiger charge is -2.33. The molecule has 0 bridgehead atoms. The Morgan fingerprint density at radius 3 is 2.96 bits per heavy atom. The van der Waals surface area contributed by atoms with Crippen LogP contribution in [0.25, 0.3) is 10.1 Å². The molecule has 0 aliphatic carbocycles. The maximum Gasteiger partial charge on any atom is 0.268 e. The van der Waals surface area contributed by atoms with Crippen molar-refractivity contribution in [3.05, 3.63) is 46.3 Å². The normalized spacial score (nSPS) is 18.0. The molecular formula is C17H18N4O3S. The number of amides is 1. The highest BCUT2D eigenvalue weighted by Gasteiger charge is 2.32. The van der Waals surface area contributed by atoms with Gasteiger partial charge in [-0.2, -0.15) is 4.98 Å². The second-order valence-corrected chi connectivity index (χ2v) is 7.27. The molecule has 4 rings (SSSR count). The minimum atomic E-state index is -0.201. The molecule has 0 spiro atoms. The Kier molecular flexibility index (Phi) is 4.12. The Morgan fingerprint density at radius 2 is 2.20 bits per heavy atom. The summed E-state index contributed by atoms with van der Waals surface area (Å²) in [5.41, 5.74) is -0.115. The molecule has 7 nitrogen and oxygen atoms in total. The summed E-state index contributed by atoms with van der Waals surface area (Å²) in [6, 6.07) is 7.21. The third-order valence-corrected chi connectivity index (χ3v) is 5.55. The predicted molar refractivity (Wildman–Crippen MR) is 93.4 cm³/mol. The van der Waals surface area contributed by atoms with E-state index >= 15 is 0 Å². The van der Waals surface area contributed by atoms with Gasteiger partial charge in [-0.25, -0.2) is 0 Å². The topological polar surface area (TPSA) is 81.2 Å². The minimum absolute atomic E-state index is 0.0435. The standard InChI is InChI=1S/C17H18N4O3S/c1-11-18-16(24-19-11)13-7-4-5-9-20(13)15(22)10-21-17(23)12-6-2-3-8-14(12)25-21/h2-3,6,8,13H,4-5,7,9-10H2,1H3/t13-/m1/s1. The number of rotatable bonds is 3. The highest BCUT2D eigenvalue weighted by Crippen LogP contribution is 2.30. The van der Waals surface area contributed by atoms with Gasteiger partial charge in [-0.05, 0) is 38.3 Å². The molecule has 1 saturated heterocycles. The van der Waals surface area contributed by atoms with Crippen molar-refractivity contribution in [2.75, 3.05) is 6.54 Å². The van der Waals surface area contributed by atoms with Gasteiger partial charge in [-0.1, -0.05) is 28.8 Å². The van der Waals surface area contributed by atoms with Crippen molar-refractivity contribution >= 4 is 27.5 Å². The molecule has 1 fully saturated rings. The van der Waals surface area contributed by atoms with E-state index < -0.39 is 0 Å². The molecule has 1 atom stereocenters. The van der Waals surface area contributed by atoms with E-state index in [1.54, 1.807) is 17.9 Å². The molecule has 130 valence electrons. The van der Waals surface area contributed by atoms with E-state index in [-0.39, 0.29) is 24.1 Å². The van der Waals surface area contributed by atoms with Crippen molar-refractivity contribution in [1.82, 2.24) is 19.0 Å². The van der Waals surface area contributed by atoms with E-state index in [9.17, 15) is 9.59 Å². The Bertz CT molecular complexity index is 974. The average Bonchev–Trinajstić information content (AvgIpc) is 3.19. The van der Waals surface area contributed by atoms with Crippen LogP contribution in [-0.2, 0) is 11.3 Å². The lowest BCUT2D eigenvalue weighted by Crippen LogP contribution is -2.41. The highest BCUT2D eigenvalue weighted by molar-refractivity contribution is 7.13. The Hall–Kier alpha value is -2.48. The number of piperidine rings is 1. The number of hydrogen-bond donors (Lipinski definition) is 0. The van der Waals surface area contributed by atoms with Gasteiger partial charge in [-0.15, -0.1) is 0 Å². The number of likely N-dealkylation sites (tertiary alicyclic amines) is 1. The van der Waals surface area contributed by atoms with Gasteiger partial charge < -0.3 is 9.42 Å². The molecule has 0 N–H and O–H groups in total. The number of carbonyl (C=O) groups excluding carboxylic acids is 1. The zero-order valence-electron chi connectivity index (χ0n) is 13.8. The summed E-state index contributed by atoms with van der Waals surface area (Å²) in [5, 5.41) is 4.49. The summed E-state index contributed by atoms with van der Waals surface area (Å²) < 4.78 is 7.70. The SMILES string of the molecule is Cc1noc([C@H]2CCCCN2C(=O)Cn2sc3ccccc3c2=O)n1. The Balaban J connectivity index is 1.60. The van der Waals surface area contributed by atoms with Crippen LogP contribution in [0.1, 0.15) is 37.0 Å². The molecule has 1 aromatic carbocycles. The van der Waals surface area contributed by atoms with Crippen LogP contribution >= 0.6 is 11.5 Å². The molecule has 8 heteroatoms. The van der Waals surface area contributed by atoms with E-state index in [4.69, 9.17) is 4.52 Å². The average molecular weight is 358 g/mol. The number of fused-ring (bicyclic) bond motifs is 1. The molecule has 25 heavy (non-hydrogen) atoms. The fourth-order valence-corrected chi connectivity index (χ4v) is 4.26. The van der Waals surface area contributed by atoms with Gasteiger partial charge in [0, 0.05) is 6.54 Å². The first kappa shape index (κ1) is 16.0. The van der Waals surface area contributed by atoms with Crippen molar-refractivity contribution in [1.29, 1.82) is 0 Å². The molecule has 0 unspecified atom stereocenters. The largest absolute Gasteiger partial charge is 0.337 e. The highest BCUT2D eigenvalue weighted by atomic mass is 32.1. The first-order valence-corrected chi connectivity index (χ1v) is 9.09. The van der Waals surface area contributed by atoms with Gasteiger partial charge in [0.2, 0.25) is 11.8 Å². The second kappa shape index (κ2) is 6.44. The number of aromatic nitrogens is 3. The van der Waals surface area contributed by atoms with E-state index in [2.05, 4.69) is 10.1 Å². The van der Waals surface area contributed by atoms with Crippen LogP contribution in [-0.4, -0.2) is 31.4 Å². The molecule has 1 amide bonds. The molecule has 1 aliphatic rings. The van der Waals surface area contributed by atoms with Crippen LogP contribution in [0.2, 0.25) is 0 Å². The van der Waals surface area contributed by atoms with Crippen LogP contribution in [0, 0.1) is 6.92 Å². The number of aryl methyl sites for hydroxylation is 1. The number of hydrogen-bond acceptors (Lipinski definition) is 6. The van der Waals surface area contributed by atoms with Crippen LogP contribution in [0.15, 0.2) is 33.6 Å². The van der Waals surface area contributed by atoms with E-state index in [1.165, 1.54) is 15.5 Å². The zero-order valence-corrected chi connectivity index (χ0v) is 14.7. The van der Waals surface area contributed by atoms with Crippen molar-refractivity contribution < 1.29 is 9.32 Å². The zero-order chi connectivity index (χ0) is 17.4. The summed E-state index contributed by atoms with van der Waals surface area (Å²) in [4.78, 5) is 31.4. The first-order chi connectivity index (χ1) is 12.1. The molecule has 3 heterocycles. The smallest absolute Gasteiger partial charge is 0.268 e. The summed E-state index contributed by atoms with van der Waals surface area (Å²) in [6.07, 6.45) is 2.75. The summed E-state index contributed by atoms with van der Waals surface area (Å²) in [6.45, 7) is 2.45. The predicted octanol–water partition coefficient (Wildman–Crippen LogP) is 2.51. The molecule has 0 radical (unpaired) electrons. The molecule has 2 aromatic heterocycles. The Morgan fingerprint density at radius 1 is 1.36 bits per heavy atom. The van der Waals surface area contributed by atoms with E-state index in [0.29, 0.717) is 23.6 Å². The van der Waals surface area contributed by atoms with Crippen LogP contribution < -0.4 is 5.56 Å². The number of nitrogens with zero attached hydrogens (tertiary/aromatic N) is 4.